The van der Waals surface area contributed by atoms with Gasteiger partial charge >= 0.3 is 0 Å². The highest BCUT2D eigenvalue weighted by Crippen LogP contribution is 2.34. The SMILES string of the molecule is CCc1c(C)[nH]c(C(=C(C)C)c2[nH]c(C)c(CC)c2C)c1C. The van der Waals surface area contributed by atoms with Crippen LogP contribution in [-0.2, 0) is 12.8 Å². The van der Waals surface area contributed by atoms with Crippen molar-refractivity contribution >= 4 is 5.57 Å². The topological polar surface area (TPSA) is 31.6 Å². The lowest BCUT2D eigenvalue weighted by Crippen LogP contribution is -1.97. The molecular weight excluding hydrogens is 268 g/mol. The van der Waals surface area contributed by atoms with E-state index < -0.39 is 0 Å². The molecule has 0 amide bonds. The molecule has 2 rings (SSSR count). The van der Waals surface area contributed by atoms with E-state index in [1.807, 2.05) is 0 Å². The summed E-state index contributed by atoms with van der Waals surface area (Å²) in [5.74, 6) is 0. The highest BCUT2D eigenvalue weighted by molar-refractivity contribution is 5.83. The molecule has 2 N–H and O–H groups in total. The van der Waals surface area contributed by atoms with Crippen molar-refractivity contribution in [2.45, 2.75) is 68.2 Å². The third-order valence-electron chi connectivity index (χ3n) is 4.89. The minimum atomic E-state index is 1.08. The van der Waals surface area contributed by atoms with Gasteiger partial charge in [0.2, 0.25) is 0 Å². The molecule has 0 aliphatic rings. The minimum Gasteiger partial charge on any atom is -0.358 e. The number of nitrogens with one attached hydrogen (secondary N) is 2. The number of hydrogen-bond donors (Lipinski definition) is 2. The maximum atomic E-state index is 3.64. The van der Waals surface area contributed by atoms with Crippen LogP contribution in [0.2, 0.25) is 0 Å². The van der Waals surface area contributed by atoms with Crippen LogP contribution in [0.4, 0.5) is 0 Å². The Morgan fingerprint density at radius 1 is 0.727 bits per heavy atom. The Kier molecular flexibility index (Phi) is 4.69. The van der Waals surface area contributed by atoms with Crippen molar-refractivity contribution in [3.63, 3.8) is 0 Å². The Labute approximate surface area is 135 Å². The van der Waals surface area contributed by atoms with E-state index in [1.54, 1.807) is 0 Å². The standard InChI is InChI=1S/C20H30N2/c1-9-16-12(5)19(21-14(16)7)18(11(3)4)20-13(6)17(10-2)15(8)22-20/h21-22H,9-10H2,1-8H3. The molecule has 0 unspecified atom stereocenters. The largest absolute Gasteiger partial charge is 0.358 e. The van der Waals surface area contributed by atoms with Gasteiger partial charge in [0, 0.05) is 17.0 Å². The smallest absolute Gasteiger partial charge is 0.0509 e. The van der Waals surface area contributed by atoms with Gasteiger partial charge in [-0.2, -0.15) is 0 Å². The molecule has 0 aliphatic heterocycles. The summed E-state index contributed by atoms with van der Waals surface area (Å²) < 4.78 is 0. The normalized spacial score (nSPS) is 11.1. The second kappa shape index (κ2) is 6.20. The molecule has 0 radical (unpaired) electrons. The lowest BCUT2D eigenvalue weighted by Gasteiger charge is -2.11. The van der Waals surface area contributed by atoms with Gasteiger partial charge in [-0.3, -0.25) is 0 Å². The summed E-state index contributed by atoms with van der Waals surface area (Å²) in [6, 6.07) is 0. The fourth-order valence-corrected chi connectivity index (χ4v) is 3.76. The fraction of sp³-hybridized carbons (Fsp3) is 0.500. The van der Waals surface area contributed by atoms with E-state index >= 15 is 0 Å². The van der Waals surface area contributed by atoms with E-state index in [1.165, 1.54) is 56.2 Å². The molecule has 2 nitrogen and oxygen atoms in total. The van der Waals surface area contributed by atoms with E-state index in [4.69, 9.17) is 0 Å². The number of aryl methyl sites for hydroxylation is 2. The number of hydrogen-bond acceptors (Lipinski definition) is 0. The van der Waals surface area contributed by atoms with E-state index in [0.717, 1.165) is 12.8 Å². The van der Waals surface area contributed by atoms with Crippen molar-refractivity contribution in [3.05, 3.63) is 50.6 Å². The lowest BCUT2D eigenvalue weighted by molar-refractivity contribution is 1.08. The van der Waals surface area contributed by atoms with Gasteiger partial charge in [0.05, 0.1) is 11.4 Å². The fourth-order valence-electron chi connectivity index (χ4n) is 3.76. The molecule has 22 heavy (non-hydrogen) atoms. The maximum absolute atomic E-state index is 3.64. The summed E-state index contributed by atoms with van der Waals surface area (Å²) in [4.78, 5) is 7.28. The van der Waals surface area contributed by atoms with Crippen LogP contribution >= 0.6 is 0 Å². The van der Waals surface area contributed by atoms with Crippen LogP contribution in [0.25, 0.3) is 5.57 Å². The van der Waals surface area contributed by atoms with Crippen LogP contribution in [0.1, 0.15) is 72.7 Å². The number of allylic oxidation sites excluding steroid dienone is 1. The quantitative estimate of drug-likeness (QED) is 0.742. The molecule has 0 spiro atoms. The first-order chi connectivity index (χ1) is 10.3. The summed E-state index contributed by atoms with van der Waals surface area (Å²) in [6.45, 7) is 17.7. The van der Waals surface area contributed by atoms with Gasteiger partial charge in [0.1, 0.15) is 0 Å². The molecule has 0 aromatic carbocycles. The van der Waals surface area contributed by atoms with E-state index in [2.05, 4.69) is 65.4 Å². The van der Waals surface area contributed by atoms with Crippen LogP contribution in [0.3, 0.4) is 0 Å². The number of H-pyrrole nitrogens is 2. The Hall–Kier alpha value is -1.70. The van der Waals surface area contributed by atoms with E-state index in [0.29, 0.717) is 0 Å². The summed E-state index contributed by atoms with van der Waals surface area (Å²) in [7, 11) is 0. The van der Waals surface area contributed by atoms with Crippen molar-refractivity contribution in [2.24, 2.45) is 0 Å². The molecule has 120 valence electrons. The molecular formula is C20H30N2. The third-order valence-corrected chi connectivity index (χ3v) is 4.89. The summed E-state index contributed by atoms with van der Waals surface area (Å²) in [5.41, 5.74) is 13.5. The van der Waals surface area contributed by atoms with Gasteiger partial charge in [-0.1, -0.05) is 19.4 Å². The average Bonchev–Trinajstić information content (AvgIpc) is 2.87. The first-order valence-corrected chi connectivity index (χ1v) is 8.37. The molecule has 0 fully saturated rings. The van der Waals surface area contributed by atoms with Crippen LogP contribution in [0, 0.1) is 27.7 Å². The van der Waals surface area contributed by atoms with Crippen LogP contribution in [0.15, 0.2) is 5.57 Å². The van der Waals surface area contributed by atoms with Crippen molar-refractivity contribution in [3.8, 4) is 0 Å². The second-order valence-corrected chi connectivity index (χ2v) is 6.54. The average molecular weight is 298 g/mol. The van der Waals surface area contributed by atoms with Crippen molar-refractivity contribution < 1.29 is 0 Å². The van der Waals surface area contributed by atoms with Gasteiger partial charge in [0.15, 0.2) is 0 Å². The Balaban J connectivity index is 2.72. The lowest BCUT2D eigenvalue weighted by atomic mass is 9.95. The Bertz CT molecular complexity index is 663. The zero-order valence-corrected chi connectivity index (χ0v) is 15.4. The van der Waals surface area contributed by atoms with E-state index in [9.17, 15) is 0 Å². The monoisotopic (exact) mass is 298 g/mol. The number of aromatic nitrogens is 2. The van der Waals surface area contributed by atoms with Gasteiger partial charge < -0.3 is 9.97 Å². The van der Waals surface area contributed by atoms with Crippen LogP contribution < -0.4 is 0 Å². The molecule has 2 heterocycles. The predicted molar refractivity (Wildman–Crippen MR) is 96.7 cm³/mol. The van der Waals surface area contributed by atoms with Crippen molar-refractivity contribution in [2.75, 3.05) is 0 Å². The van der Waals surface area contributed by atoms with Gasteiger partial charge in [-0.15, -0.1) is 0 Å². The molecule has 0 aliphatic carbocycles. The molecule has 2 aromatic rings. The first kappa shape index (κ1) is 16.7. The molecule has 0 saturated carbocycles. The number of aromatic amines is 2. The van der Waals surface area contributed by atoms with E-state index in [-0.39, 0.29) is 0 Å². The third kappa shape index (κ3) is 2.55. The zero-order chi connectivity index (χ0) is 16.6. The zero-order valence-electron chi connectivity index (χ0n) is 15.4. The molecule has 0 bridgehead atoms. The highest BCUT2D eigenvalue weighted by Gasteiger charge is 2.20. The summed E-state index contributed by atoms with van der Waals surface area (Å²) >= 11 is 0. The van der Waals surface area contributed by atoms with Gasteiger partial charge in [-0.05, 0) is 76.6 Å². The summed E-state index contributed by atoms with van der Waals surface area (Å²) in [5, 5.41) is 0. The molecule has 0 saturated heterocycles. The van der Waals surface area contributed by atoms with Crippen molar-refractivity contribution in [1.82, 2.24) is 9.97 Å². The van der Waals surface area contributed by atoms with Crippen LogP contribution in [-0.4, -0.2) is 9.97 Å². The van der Waals surface area contributed by atoms with Gasteiger partial charge in [0.25, 0.3) is 0 Å². The summed E-state index contributed by atoms with van der Waals surface area (Å²) in [6.07, 6.45) is 2.15. The Morgan fingerprint density at radius 3 is 1.32 bits per heavy atom. The first-order valence-electron chi connectivity index (χ1n) is 8.37. The highest BCUT2D eigenvalue weighted by atomic mass is 14.8. The maximum Gasteiger partial charge on any atom is 0.0509 e. The minimum absolute atomic E-state index is 1.08. The second-order valence-electron chi connectivity index (χ2n) is 6.54. The number of rotatable bonds is 4. The molecule has 0 atom stereocenters. The molecule has 2 aromatic heterocycles. The Morgan fingerprint density at radius 2 is 1.09 bits per heavy atom. The van der Waals surface area contributed by atoms with Crippen molar-refractivity contribution in [1.29, 1.82) is 0 Å². The predicted octanol–water partition coefficient (Wildman–Crippen LogP) is 5.54. The molecule has 2 heteroatoms. The van der Waals surface area contributed by atoms with Crippen LogP contribution in [0.5, 0.6) is 0 Å². The van der Waals surface area contributed by atoms with Gasteiger partial charge in [-0.25, -0.2) is 0 Å².